The highest BCUT2D eigenvalue weighted by Crippen LogP contribution is 1.98. The second-order valence-electron chi connectivity index (χ2n) is 4.64. The van der Waals surface area contributed by atoms with E-state index in [1.165, 1.54) is 0 Å². The Balaban J connectivity index is 3.69. The van der Waals surface area contributed by atoms with Crippen molar-refractivity contribution in [2.45, 2.75) is 18.3 Å². The molecule has 3 N–H and O–H groups in total. The maximum Gasteiger partial charge on any atom is 0.104 e. The fourth-order valence-corrected chi connectivity index (χ4v) is 1.41. The van der Waals surface area contributed by atoms with Gasteiger partial charge < -0.3 is 34.3 Å². The summed E-state index contributed by atoms with van der Waals surface area (Å²) in [5, 5.41) is 28.3. The molecule has 3 atom stereocenters. The molecule has 0 bridgehead atoms. The molecule has 0 fully saturated rings. The lowest BCUT2D eigenvalue weighted by molar-refractivity contribution is -0.0929. The molecule has 3 unspecified atom stereocenters. The Morgan fingerprint density at radius 3 is 1.77 bits per heavy atom. The van der Waals surface area contributed by atoms with Crippen LogP contribution < -0.4 is 0 Å². The fourth-order valence-electron chi connectivity index (χ4n) is 1.41. The van der Waals surface area contributed by atoms with Gasteiger partial charge in [0.15, 0.2) is 0 Å². The molecule has 22 heavy (non-hydrogen) atoms. The van der Waals surface area contributed by atoms with Crippen molar-refractivity contribution in [2.75, 3.05) is 52.9 Å². The van der Waals surface area contributed by atoms with Gasteiger partial charge in [0.2, 0.25) is 0 Å². The zero-order valence-corrected chi connectivity index (χ0v) is 12.9. The van der Waals surface area contributed by atoms with Gasteiger partial charge in [0.1, 0.15) is 18.3 Å². The standard InChI is InChI=1S/C15H28O7/c1-3-5-19-8-13(17)10-21-12-15(7-16)22-11-14(18)9-20-6-4-2/h3-4,13-18H,1-2,5-12H2. The van der Waals surface area contributed by atoms with Crippen molar-refractivity contribution >= 4 is 0 Å². The van der Waals surface area contributed by atoms with E-state index in [0.29, 0.717) is 13.2 Å². The summed E-state index contributed by atoms with van der Waals surface area (Å²) in [6.07, 6.45) is 1.06. The lowest BCUT2D eigenvalue weighted by Crippen LogP contribution is -2.32. The van der Waals surface area contributed by atoms with Crippen molar-refractivity contribution < 1.29 is 34.3 Å². The highest BCUT2D eigenvalue weighted by Gasteiger charge is 2.13. The maximum absolute atomic E-state index is 9.58. The van der Waals surface area contributed by atoms with Crippen LogP contribution in [-0.2, 0) is 18.9 Å². The number of aliphatic hydroxyl groups is 3. The Morgan fingerprint density at radius 2 is 1.27 bits per heavy atom. The van der Waals surface area contributed by atoms with Gasteiger partial charge in [0.05, 0.1) is 52.9 Å². The number of hydrogen-bond acceptors (Lipinski definition) is 7. The second-order valence-corrected chi connectivity index (χ2v) is 4.64. The average molecular weight is 320 g/mol. The van der Waals surface area contributed by atoms with E-state index in [0.717, 1.165) is 0 Å². The van der Waals surface area contributed by atoms with E-state index in [-0.39, 0.29) is 39.6 Å². The lowest BCUT2D eigenvalue weighted by atomic mass is 10.3. The molecule has 0 rings (SSSR count). The molecule has 0 aliphatic carbocycles. The molecule has 0 aromatic rings. The number of aliphatic hydroxyl groups excluding tert-OH is 3. The Hall–Kier alpha value is -0.800. The number of rotatable bonds is 16. The summed E-state index contributed by atoms with van der Waals surface area (Å²) in [6, 6.07) is 0. The summed E-state index contributed by atoms with van der Waals surface area (Å²) >= 11 is 0. The van der Waals surface area contributed by atoms with Crippen molar-refractivity contribution in [1.82, 2.24) is 0 Å². The predicted molar refractivity (Wildman–Crippen MR) is 81.7 cm³/mol. The third-order valence-electron chi connectivity index (χ3n) is 2.43. The molecule has 7 nitrogen and oxygen atoms in total. The van der Waals surface area contributed by atoms with Crippen LogP contribution in [0.15, 0.2) is 25.3 Å². The Morgan fingerprint density at radius 1 is 0.773 bits per heavy atom. The van der Waals surface area contributed by atoms with Crippen molar-refractivity contribution in [1.29, 1.82) is 0 Å². The molecule has 0 saturated heterocycles. The van der Waals surface area contributed by atoms with E-state index < -0.39 is 18.3 Å². The van der Waals surface area contributed by atoms with E-state index in [9.17, 15) is 10.2 Å². The molecular formula is C15H28O7. The first-order valence-electron chi connectivity index (χ1n) is 7.17. The first-order valence-corrected chi connectivity index (χ1v) is 7.17. The first kappa shape index (κ1) is 21.2. The van der Waals surface area contributed by atoms with E-state index in [1.807, 2.05) is 0 Å². The molecule has 0 saturated carbocycles. The summed E-state index contributed by atoms with van der Waals surface area (Å²) in [5.41, 5.74) is 0. The highest BCUT2D eigenvalue weighted by atomic mass is 16.6. The van der Waals surface area contributed by atoms with Crippen molar-refractivity contribution in [3.8, 4) is 0 Å². The topological polar surface area (TPSA) is 97.6 Å². The van der Waals surface area contributed by atoms with Gasteiger partial charge in [-0.2, -0.15) is 0 Å². The molecule has 7 heteroatoms. The lowest BCUT2D eigenvalue weighted by Gasteiger charge is -2.19. The van der Waals surface area contributed by atoms with Crippen LogP contribution in [0.25, 0.3) is 0 Å². The van der Waals surface area contributed by atoms with Crippen molar-refractivity contribution in [3.63, 3.8) is 0 Å². The van der Waals surface area contributed by atoms with E-state index >= 15 is 0 Å². The zero-order valence-electron chi connectivity index (χ0n) is 12.9. The van der Waals surface area contributed by atoms with E-state index in [2.05, 4.69) is 13.2 Å². The van der Waals surface area contributed by atoms with Gasteiger partial charge in [0.25, 0.3) is 0 Å². The fraction of sp³-hybridized carbons (Fsp3) is 0.733. The average Bonchev–Trinajstić information content (AvgIpc) is 2.51. The molecule has 0 aromatic heterocycles. The summed E-state index contributed by atoms with van der Waals surface area (Å²) in [7, 11) is 0. The Kier molecular flexibility index (Phi) is 14.6. The molecule has 0 spiro atoms. The Bertz CT molecular complexity index is 273. The Labute approximate surface area is 131 Å². The predicted octanol–water partition coefficient (Wildman–Crippen LogP) is -0.492. The number of ether oxygens (including phenoxy) is 4. The molecule has 0 radical (unpaired) electrons. The molecule has 0 aliphatic rings. The smallest absolute Gasteiger partial charge is 0.104 e. The molecule has 0 amide bonds. The van der Waals surface area contributed by atoms with Gasteiger partial charge in [-0.1, -0.05) is 12.2 Å². The molecule has 0 heterocycles. The molecule has 0 aromatic carbocycles. The summed E-state index contributed by atoms with van der Waals surface area (Å²) in [4.78, 5) is 0. The van der Waals surface area contributed by atoms with Crippen LogP contribution >= 0.6 is 0 Å². The van der Waals surface area contributed by atoms with Crippen LogP contribution in [0.4, 0.5) is 0 Å². The minimum Gasteiger partial charge on any atom is -0.394 e. The summed E-state index contributed by atoms with van der Waals surface area (Å²) in [6.45, 7) is 7.95. The van der Waals surface area contributed by atoms with Gasteiger partial charge in [-0.05, 0) is 0 Å². The highest BCUT2D eigenvalue weighted by molar-refractivity contribution is 4.66. The van der Waals surface area contributed by atoms with Gasteiger partial charge in [-0.25, -0.2) is 0 Å². The largest absolute Gasteiger partial charge is 0.394 e. The molecule has 130 valence electrons. The first-order chi connectivity index (χ1) is 10.6. The SMILES string of the molecule is C=CCOCC(O)COCC(CO)OCC(O)COCC=C. The summed E-state index contributed by atoms with van der Waals surface area (Å²) in [5.74, 6) is 0. The van der Waals surface area contributed by atoms with Crippen LogP contribution in [0.2, 0.25) is 0 Å². The molecule has 0 aliphatic heterocycles. The second kappa shape index (κ2) is 15.1. The van der Waals surface area contributed by atoms with Crippen LogP contribution in [0.3, 0.4) is 0 Å². The van der Waals surface area contributed by atoms with Gasteiger partial charge in [0, 0.05) is 0 Å². The quantitative estimate of drug-likeness (QED) is 0.261. The van der Waals surface area contributed by atoms with Crippen LogP contribution in [0, 0.1) is 0 Å². The molecular weight excluding hydrogens is 292 g/mol. The van der Waals surface area contributed by atoms with E-state index in [1.54, 1.807) is 12.2 Å². The minimum absolute atomic E-state index is 0.0245. The zero-order chi connectivity index (χ0) is 16.6. The van der Waals surface area contributed by atoms with Gasteiger partial charge >= 0.3 is 0 Å². The third-order valence-corrected chi connectivity index (χ3v) is 2.43. The van der Waals surface area contributed by atoms with Crippen molar-refractivity contribution in [3.05, 3.63) is 25.3 Å². The van der Waals surface area contributed by atoms with Crippen LogP contribution in [0.1, 0.15) is 0 Å². The summed E-state index contributed by atoms with van der Waals surface area (Å²) < 4.78 is 20.7. The van der Waals surface area contributed by atoms with E-state index in [4.69, 9.17) is 24.1 Å². The minimum atomic E-state index is -0.785. The number of hydrogen-bond donors (Lipinski definition) is 3. The van der Waals surface area contributed by atoms with Gasteiger partial charge in [-0.15, -0.1) is 13.2 Å². The maximum atomic E-state index is 9.58. The van der Waals surface area contributed by atoms with Crippen molar-refractivity contribution in [2.24, 2.45) is 0 Å². The monoisotopic (exact) mass is 320 g/mol. The van der Waals surface area contributed by atoms with Crippen LogP contribution in [0.5, 0.6) is 0 Å². The normalized spacial score (nSPS) is 15.2. The third kappa shape index (κ3) is 12.9. The van der Waals surface area contributed by atoms with Crippen LogP contribution in [-0.4, -0.2) is 86.5 Å². The van der Waals surface area contributed by atoms with Gasteiger partial charge in [-0.3, -0.25) is 0 Å².